The molecule has 0 aliphatic carbocycles. The second-order valence-corrected chi connectivity index (χ2v) is 5.98. The fourth-order valence-corrected chi connectivity index (χ4v) is 3.29. The van der Waals surface area contributed by atoms with Crippen molar-refractivity contribution in [3.63, 3.8) is 0 Å². The smallest absolute Gasteiger partial charge is 0.194 e. The van der Waals surface area contributed by atoms with E-state index >= 15 is 0 Å². The van der Waals surface area contributed by atoms with Gasteiger partial charge >= 0.3 is 0 Å². The van der Waals surface area contributed by atoms with Crippen LogP contribution in [0.15, 0.2) is 5.38 Å². The van der Waals surface area contributed by atoms with Crippen LogP contribution in [0, 0.1) is 13.8 Å². The van der Waals surface area contributed by atoms with Gasteiger partial charge < -0.3 is 5.32 Å². The largest absolute Gasteiger partial charge is 0.311 e. The van der Waals surface area contributed by atoms with Gasteiger partial charge in [-0.2, -0.15) is 11.8 Å². The van der Waals surface area contributed by atoms with Crippen molar-refractivity contribution in [1.29, 1.82) is 0 Å². The summed E-state index contributed by atoms with van der Waals surface area (Å²) in [4.78, 5) is 5.70. The average Bonchev–Trinajstić information content (AvgIpc) is 2.80. The van der Waals surface area contributed by atoms with Crippen LogP contribution < -0.4 is 5.32 Å². The highest BCUT2D eigenvalue weighted by Gasteiger charge is 2.11. The maximum atomic E-state index is 4.59. The molecule has 2 heterocycles. The first kappa shape index (κ1) is 12.9. The normalized spacial score (nSPS) is 11.5. The molecule has 0 amide bonds. The number of thiazole rings is 1. The maximum Gasteiger partial charge on any atom is 0.194 e. The molecule has 1 N–H and O–H groups in total. The standard InChI is InChI=1S/C12H19N3S2/c1-9-8-17-12-14-10(2)11(15(9)12)7-13-5-4-6-16-3/h8,13H,4-7H2,1-3H3. The predicted molar refractivity (Wildman–Crippen MR) is 77.2 cm³/mol. The molecule has 0 aliphatic rings. The fourth-order valence-electron chi connectivity index (χ4n) is 1.92. The van der Waals surface area contributed by atoms with Gasteiger partial charge in [0.25, 0.3) is 0 Å². The molecule has 0 bridgehead atoms. The Hall–Kier alpha value is -0.520. The van der Waals surface area contributed by atoms with Crippen LogP contribution >= 0.6 is 23.1 Å². The molecule has 0 fully saturated rings. The number of hydrogen-bond donors (Lipinski definition) is 1. The Kier molecular flexibility index (Phi) is 4.48. The van der Waals surface area contributed by atoms with Gasteiger partial charge in [0.15, 0.2) is 4.96 Å². The third-order valence-corrected chi connectivity index (χ3v) is 4.46. The van der Waals surface area contributed by atoms with Crippen LogP contribution in [-0.2, 0) is 6.54 Å². The van der Waals surface area contributed by atoms with Gasteiger partial charge in [-0.15, -0.1) is 11.3 Å². The van der Waals surface area contributed by atoms with Crippen molar-refractivity contribution < 1.29 is 0 Å². The number of nitrogens with zero attached hydrogens (tertiary/aromatic N) is 2. The fraction of sp³-hybridized carbons (Fsp3) is 0.583. The summed E-state index contributed by atoms with van der Waals surface area (Å²) in [5.74, 6) is 1.23. The molecule has 0 saturated heterocycles. The van der Waals surface area contributed by atoms with E-state index in [1.165, 1.54) is 23.6 Å². The van der Waals surface area contributed by atoms with E-state index in [-0.39, 0.29) is 0 Å². The van der Waals surface area contributed by atoms with Crippen LogP contribution in [0.3, 0.4) is 0 Å². The molecular weight excluding hydrogens is 250 g/mol. The molecule has 17 heavy (non-hydrogen) atoms. The van der Waals surface area contributed by atoms with E-state index in [9.17, 15) is 0 Å². The lowest BCUT2D eigenvalue weighted by Crippen LogP contribution is -2.17. The summed E-state index contributed by atoms with van der Waals surface area (Å²) in [6.07, 6.45) is 3.38. The van der Waals surface area contributed by atoms with Gasteiger partial charge in [0.1, 0.15) is 0 Å². The van der Waals surface area contributed by atoms with Crippen molar-refractivity contribution >= 4 is 28.1 Å². The number of rotatable bonds is 6. The lowest BCUT2D eigenvalue weighted by atomic mass is 10.3. The highest BCUT2D eigenvalue weighted by atomic mass is 32.2. The van der Waals surface area contributed by atoms with Crippen LogP contribution in [0.4, 0.5) is 0 Å². The third kappa shape index (κ3) is 2.84. The molecule has 2 aromatic heterocycles. The van der Waals surface area contributed by atoms with E-state index < -0.39 is 0 Å². The first-order valence-electron chi connectivity index (χ1n) is 5.85. The lowest BCUT2D eigenvalue weighted by molar-refractivity contribution is 0.660. The molecule has 2 rings (SSSR count). The first-order chi connectivity index (χ1) is 8.24. The number of aromatic nitrogens is 2. The Bertz CT molecular complexity index is 487. The Labute approximate surface area is 111 Å². The molecule has 94 valence electrons. The molecule has 0 atom stereocenters. The summed E-state index contributed by atoms with van der Waals surface area (Å²) in [7, 11) is 0. The van der Waals surface area contributed by atoms with E-state index in [1.807, 2.05) is 11.8 Å². The molecule has 5 heteroatoms. The molecule has 3 nitrogen and oxygen atoms in total. The summed E-state index contributed by atoms with van der Waals surface area (Å²) in [5.41, 5.74) is 3.74. The van der Waals surface area contributed by atoms with Gasteiger partial charge in [0.05, 0.1) is 11.4 Å². The predicted octanol–water partition coefficient (Wildman–Crippen LogP) is 2.86. The second-order valence-electron chi connectivity index (χ2n) is 4.16. The van der Waals surface area contributed by atoms with Gasteiger partial charge in [0.2, 0.25) is 0 Å². The Balaban J connectivity index is 2.02. The molecule has 0 unspecified atom stereocenters. The monoisotopic (exact) mass is 269 g/mol. The lowest BCUT2D eigenvalue weighted by Gasteiger charge is -2.05. The Morgan fingerprint density at radius 3 is 3.06 bits per heavy atom. The summed E-state index contributed by atoms with van der Waals surface area (Å²) in [6.45, 7) is 6.23. The first-order valence-corrected chi connectivity index (χ1v) is 8.13. The Morgan fingerprint density at radius 1 is 1.47 bits per heavy atom. The van der Waals surface area contributed by atoms with Crippen LogP contribution in [0.1, 0.15) is 23.5 Å². The van der Waals surface area contributed by atoms with Crippen molar-refractivity contribution in [1.82, 2.24) is 14.7 Å². The van der Waals surface area contributed by atoms with E-state index in [0.717, 1.165) is 23.7 Å². The number of fused-ring (bicyclic) bond motifs is 1. The van der Waals surface area contributed by atoms with Crippen LogP contribution in [0.5, 0.6) is 0 Å². The van der Waals surface area contributed by atoms with E-state index in [1.54, 1.807) is 11.3 Å². The minimum Gasteiger partial charge on any atom is -0.311 e. The van der Waals surface area contributed by atoms with Gasteiger partial charge in [0, 0.05) is 17.6 Å². The zero-order chi connectivity index (χ0) is 12.3. The van der Waals surface area contributed by atoms with Crippen molar-refractivity contribution in [3.05, 3.63) is 22.5 Å². The molecular formula is C12H19N3S2. The molecule has 0 radical (unpaired) electrons. The van der Waals surface area contributed by atoms with Gasteiger partial charge in [-0.1, -0.05) is 0 Å². The average molecular weight is 269 g/mol. The van der Waals surface area contributed by atoms with Crippen LogP contribution in [-0.4, -0.2) is 27.9 Å². The summed E-state index contributed by atoms with van der Waals surface area (Å²) < 4.78 is 2.27. The van der Waals surface area contributed by atoms with Gasteiger partial charge in [-0.3, -0.25) is 4.40 Å². The Morgan fingerprint density at radius 2 is 2.29 bits per heavy atom. The number of aryl methyl sites for hydroxylation is 2. The maximum absolute atomic E-state index is 4.59. The van der Waals surface area contributed by atoms with Crippen LogP contribution in [0.2, 0.25) is 0 Å². The summed E-state index contributed by atoms with van der Waals surface area (Å²) >= 11 is 3.62. The molecule has 0 aliphatic heterocycles. The number of hydrogen-bond acceptors (Lipinski definition) is 4. The van der Waals surface area contributed by atoms with Gasteiger partial charge in [-0.25, -0.2) is 4.98 Å². The number of nitrogens with one attached hydrogen (secondary N) is 1. The minimum absolute atomic E-state index is 0.916. The highest BCUT2D eigenvalue weighted by molar-refractivity contribution is 7.98. The highest BCUT2D eigenvalue weighted by Crippen LogP contribution is 2.20. The minimum atomic E-state index is 0.916. The molecule has 2 aromatic rings. The zero-order valence-corrected chi connectivity index (χ0v) is 12.2. The molecule has 0 aromatic carbocycles. The van der Waals surface area contributed by atoms with Crippen molar-refractivity contribution in [2.24, 2.45) is 0 Å². The molecule has 0 spiro atoms. The topological polar surface area (TPSA) is 29.3 Å². The van der Waals surface area contributed by atoms with E-state index in [4.69, 9.17) is 0 Å². The van der Waals surface area contributed by atoms with E-state index in [0.29, 0.717) is 0 Å². The third-order valence-electron chi connectivity index (χ3n) is 2.82. The zero-order valence-electron chi connectivity index (χ0n) is 10.6. The van der Waals surface area contributed by atoms with Gasteiger partial charge in [-0.05, 0) is 38.8 Å². The summed E-state index contributed by atoms with van der Waals surface area (Å²) in [6, 6.07) is 0. The van der Waals surface area contributed by atoms with Crippen molar-refractivity contribution in [2.45, 2.75) is 26.8 Å². The van der Waals surface area contributed by atoms with Crippen molar-refractivity contribution in [3.8, 4) is 0 Å². The second kappa shape index (κ2) is 5.89. The van der Waals surface area contributed by atoms with Crippen LogP contribution in [0.25, 0.3) is 4.96 Å². The van der Waals surface area contributed by atoms with Crippen molar-refractivity contribution in [2.75, 3.05) is 18.6 Å². The summed E-state index contributed by atoms with van der Waals surface area (Å²) in [5, 5.41) is 5.67. The van der Waals surface area contributed by atoms with E-state index in [2.05, 4.69) is 40.2 Å². The number of thioether (sulfide) groups is 1. The SMILES string of the molecule is CSCCCNCc1c(C)nc2scc(C)n12. The number of imidazole rings is 1. The quantitative estimate of drug-likeness (QED) is 0.818. The molecule has 0 saturated carbocycles.